The zero-order valence-corrected chi connectivity index (χ0v) is 14.5. The van der Waals surface area contributed by atoms with Crippen molar-refractivity contribution in [3.8, 4) is 0 Å². The molecule has 2 rings (SSSR count). The summed E-state index contributed by atoms with van der Waals surface area (Å²) in [6, 6.07) is 3.71. The van der Waals surface area contributed by atoms with Crippen LogP contribution in [-0.2, 0) is 16.9 Å². The van der Waals surface area contributed by atoms with Gasteiger partial charge in [-0.3, -0.25) is 9.59 Å². The normalized spacial score (nSPS) is 13.8. The summed E-state index contributed by atoms with van der Waals surface area (Å²) in [5, 5.41) is 15.0. The van der Waals surface area contributed by atoms with Crippen molar-refractivity contribution < 1.29 is 9.90 Å². The molecule has 0 saturated carbocycles. The van der Waals surface area contributed by atoms with E-state index >= 15 is 0 Å². The summed E-state index contributed by atoms with van der Waals surface area (Å²) in [6.07, 6.45) is 0.220. The minimum Gasteiger partial charge on any atom is -0.383 e. The molecule has 2 aromatic rings. The Kier molecular flexibility index (Phi) is 5.20. The van der Waals surface area contributed by atoms with E-state index in [0.717, 1.165) is 15.4 Å². The summed E-state index contributed by atoms with van der Waals surface area (Å²) in [5.41, 5.74) is -0.163. The van der Waals surface area contributed by atoms with Gasteiger partial charge in [0.15, 0.2) is 0 Å². The third-order valence-electron chi connectivity index (χ3n) is 3.62. The third-order valence-corrected chi connectivity index (χ3v) is 5.74. The van der Waals surface area contributed by atoms with E-state index in [2.05, 4.69) is 5.32 Å². The molecule has 0 saturated heterocycles. The maximum atomic E-state index is 11.9. The lowest BCUT2D eigenvalue weighted by Gasteiger charge is -2.22. The Morgan fingerprint density at radius 1 is 1.45 bits per heavy atom. The third kappa shape index (κ3) is 3.85. The van der Waals surface area contributed by atoms with Crippen molar-refractivity contribution in [2.24, 2.45) is 0 Å². The molecule has 0 unspecified atom stereocenters. The predicted molar refractivity (Wildman–Crippen MR) is 89.6 cm³/mol. The molecule has 2 heterocycles. The second-order valence-electron chi connectivity index (χ2n) is 5.44. The molecule has 0 aliphatic rings. The molecule has 0 aliphatic heterocycles. The lowest BCUT2D eigenvalue weighted by Crippen LogP contribution is -2.38. The molecule has 0 fully saturated rings. The second-order valence-corrected chi connectivity index (χ2v) is 7.55. The molecular weight excluding hydrogens is 320 g/mol. The number of thiophene rings is 1. The summed E-state index contributed by atoms with van der Waals surface area (Å²) < 4.78 is 1.62. The molecule has 1 atom stereocenters. The van der Waals surface area contributed by atoms with Crippen molar-refractivity contribution in [2.75, 3.05) is 6.54 Å². The molecule has 0 aromatic carbocycles. The van der Waals surface area contributed by atoms with Crippen LogP contribution in [0.15, 0.2) is 22.3 Å². The van der Waals surface area contributed by atoms with Crippen molar-refractivity contribution in [1.29, 1.82) is 0 Å². The van der Waals surface area contributed by atoms with Crippen LogP contribution in [0.25, 0.3) is 0 Å². The first-order chi connectivity index (χ1) is 10.3. The van der Waals surface area contributed by atoms with E-state index in [1.807, 2.05) is 31.4 Å². The van der Waals surface area contributed by atoms with Crippen molar-refractivity contribution >= 4 is 28.6 Å². The average Bonchev–Trinajstić information content (AvgIpc) is 3.06. The molecule has 0 spiro atoms. The number of hydrogen-bond donors (Lipinski definition) is 2. The highest BCUT2D eigenvalue weighted by atomic mass is 32.1. The van der Waals surface area contributed by atoms with Gasteiger partial charge in [-0.1, -0.05) is 17.4 Å². The zero-order valence-electron chi connectivity index (χ0n) is 12.9. The Labute approximate surface area is 137 Å². The number of nitrogens with zero attached hydrogens (tertiary/aromatic N) is 1. The Hall–Kier alpha value is -1.44. The van der Waals surface area contributed by atoms with Gasteiger partial charge in [0.05, 0.1) is 6.54 Å². The fourth-order valence-electron chi connectivity index (χ4n) is 2.09. The van der Waals surface area contributed by atoms with Gasteiger partial charge in [-0.2, -0.15) is 0 Å². The van der Waals surface area contributed by atoms with E-state index in [4.69, 9.17) is 0 Å². The molecule has 0 radical (unpaired) electrons. The van der Waals surface area contributed by atoms with Gasteiger partial charge in [0, 0.05) is 28.4 Å². The molecule has 0 bridgehead atoms. The van der Waals surface area contributed by atoms with Crippen LogP contribution in [0.4, 0.5) is 0 Å². The number of nitrogens with one attached hydrogen (secondary N) is 1. The number of aliphatic hydroxyl groups is 1. The summed E-state index contributed by atoms with van der Waals surface area (Å²) in [4.78, 5) is 25.4. The molecule has 7 heteroatoms. The fraction of sp³-hybridized carbons (Fsp3) is 0.467. The minimum atomic E-state index is -1.07. The van der Waals surface area contributed by atoms with Gasteiger partial charge in [0.2, 0.25) is 5.91 Å². The number of amides is 1. The average molecular weight is 340 g/mol. The van der Waals surface area contributed by atoms with E-state index in [-0.39, 0.29) is 23.7 Å². The first kappa shape index (κ1) is 16.9. The molecule has 22 heavy (non-hydrogen) atoms. The zero-order chi connectivity index (χ0) is 16.3. The number of hydrogen-bond acceptors (Lipinski definition) is 5. The van der Waals surface area contributed by atoms with E-state index in [1.165, 1.54) is 22.7 Å². The van der Waals surface area contributed by atoms with Gasteiger partial charge in [0.1, 0.15) is 5.60 Å². The maximum Gasteiger partial charge on any atom is 0.307 e. The Balaban J connectivity index is 1.87. The van der Waals surface area contributed by atoms with Gasteiger partial charge in [0.25, 0.3) is 0 Å². The summed E-state index contributed by atoms with van der Waals surface area (Å²) in [5.74, 6) is -0.174. The summed E-state index contributed by atoms with van der Waals surface area (Å²) in [6.45, 7) is 5.98. The lowest BCUT2D eigenvalue weighted by molar-refractivity contribution is -0.122. The monoisotopic (exact) mass is 340 g/mol. The highest BCUT2D eigenvalue weighted by Crippen LogP contribution is 2.24. The standard InChI is InChI=1S/C15H20N2O3S2/c1-10-11(2)22-14(19)17(10)7-6-13(18)16-9-15(3,20)12-5-4-8-21-12/h4-5,8,20H,6-7,9H2,1-3H3,(H,16,18)/t15-/m0/s1. The number of rotatable bonds is 6. The van der Waals surface area contributed by atoms with Crippen molar-refractivity contribution in [1.82, 2.24) is 9.88 Å². The SMILES string of the molecule is Cc1sc(=O)n(CCC(=O)NC[C@](C)(O)c2cccs2)c1C. The van der Waals surface area contributed by atoms with Crippen LogP contribution in [0.1, 0.15) is 28.8 Å². The van der Waals surface area contributed by atoms with Crippen LogP contribution in [0.3, 0.4) is 0 Å². The number of aryl methyl sites for hydroxylation is 1. The van der Waals surface area contributed by atoms with Crippen LogP contribution >= 0.6 is 22.7 Å². The van der Waals surface area contributed by atoms with Crippen LogP contribution in [0.5, 0.6) is 0 Å². The van der Waals surface area contributed by atoms with Crippen LogP contribution in [0, 0.1) is 13.8 Å². The van der Waals surface area contributed by atoms with Gasteiger partial charge in [-0.25, -0.2) is 0 Å². The van der Waals surface area contributed by atoms with E-state index in [1.54, 1.807) is 11.5 Å². The smallest absolute Gasteiger partial charge is 0.307 e. The van der Waals surface area contributed by atoms with Crippen molar-refractivity contribution in [3.63, 3.8) is 0 Å². The first-order valence-corrected chi connectivity index (χ1v) is 8.71. The molecule has 120 valence electrons. The molecule has 0 aliphatic carbocycles. The quantitative estimate of drug-likeness (QED) is 0.845. The van der Waals surface area contributed by atoms with Gasteiger partial charge in [-0.05, 0) is 32.2 Å². The van der Waals surface area contributed by atoms with Gasteiger partial charge >= 0.3 is 4.87 Å². The van der Waals surface area contributed by atoms with Crippen LogP contribution in [0.2, 0.25) is 0 Å². The van der Waals surface area contributed by atoms with E-state index in [0.29, 0.717) is 6.54 Å². The minimum absolute atomic E-state index is 0.0339. The van der Waals surface area contributed by atoms with Gasteiger partial charge < -0.3 is 15.0 Å². The molecule has 2 aromatic heterocycles. The summed E-state index contributed by atoms with van der Waals surface area (Å²) in [7, 11) is 0. The highest BCUT2D eigenvalue weighted by Gasteiger charge is 2.24. The maximum absolute atomic E-state index is 11.9. The molecule has 1 amide bonds. The van der Waals surface area contributed by atoms with Crippen molar-refractivity contribution in [2.45, 2.75) is 39.3 Å². The predicted octanol–water partition coefficient (Wildman–Crippen LogP) is 2.00. The van der Waals surface area contributed by atoms with E-state index in [9.17, 15) is 14.7 Å². The molecule has 5 nitrogen and oxygen atoms in total. The molecular formula is C15H20N2O3S2. The Morgan fingerprint density at radius 3 is 2.73 bits per heavy atom. The number of carbonyl (C=O) groups is 1. The fourth-order valence-corrected chi connectivity index (χ4v) is 3.74. The second kappa shape index (κ2) is 6.76. The Morgan fingerprint density at radius 2 is 2.18 bits per heavy atom. The lowest BCUT2D eigenvalue weighted by atomic mass is 10.1. The number of thiazole rings is 1. The largest absolute Gasteiger partial charge is 0.383 e. The Bertz CT molecular complexity index is 699. The van der Waals surface area contributed by atoms with Crippen LogP contribution in [-0.4, -0.2) is 22.1 Å². The number of aromatic nitrogens is 1. The summed E-state index contributed by atoms with van der Waals surface area (Å²) >= 11 is 2.65. The molecule has 2 N–H and O–H groups in total. The van der Waals surface area contributed by atoms with E-state index < -0.39 is 5.60 Å². The van der Waals surface area contributed by atoms with Crippen molar-refractivity contribution in [3.05, 3.63) is 42.6 Å². The first-order valence-electron chi connectivity index (χ1n) is 7.01. The van der Waals surface area contributed by atoms with Crippen LogP contribution < -0.4 is 10.2 Å². The van der Waals surface area contributed by atoms with Gasteiger partial charge in [-0.15, -0.1) is 11.3 Å². The topological polar surface area (TPSA) is 71.3 Å². The highest BCUT2D eigenvalue weighted by molar-refractivity contribution is 7.10. The number of carbonyl (C=O) groups excluding carboxylic acids is 1.